The van der Waals surface area contributed by atoms with E-state index in [1.165, 1.54) is 28.5 Å². The van der Waals surface area contributed by atoms with Gasteiger partial charge in [0.1, 0.15) is 0 Å². The molecule has 0 saturated heterocycles. The molecule has 4 rings (SSSR count). The fourth-order valence-corrected chi connectivity index (χ4v) is 4.57. The van der Waals surface area contributed by atoms with Crippen molar-refractivity contribution in [1.29, 1.82) is 0 Å². The van der Waals surface area contributed by atoms with Gasteiger partial charge in [-0.1, -0.05) is 102 Å². The van der Waals surface area contributed by atoms with E-state index in [-0.39, 0.29) is 11.8 Å². The summed E-state index contributed by atoms with van der Waals surface area (Å²) in [6.07, 6.45) is 0.839. The van der Waals surface area contributed by atoms with Crippen molar-refractivity contribution < 1.29 is 4.79 Å². The Hall–Kier alpha value is -3.38. The number of carbonyl (C=O) groups excluding carboxylic acids is 1. The molecule has 1 amide bonds. The van der Waals surface area contributed by atoms with E-state index in [1.807, 2.05) is 35.9 Å². The Balaban J connectivity index is 1.32. The molecule has 0 atom stereocenters. The topological polar surface area (TPSA) is 59.8 Å². The molecule has 0 aliphatic rings. The van der Waals surface area contributed by atoms with Crippen LogP contribution in [0.3, 0.4) is 0 Å². The monoisotopic (exact) mass is 456 g/mol. The first kappa shape index (κ1) is 22.8. The molecule has 1 heterocycles. The van der Waals surface area contributed by atoms with E-state index >= 15 is 0 Å². The van der Waals surface area contributed by atoms with Gasteiger partial charge in [0.2, 0.25) is 5.91 Å². The van der Waals surface area contributed by atoms with Gasteiger partial charge < -0.3 is 9.88 Å². The lowest BCUT2D eigenvalue weighted by Crippen LogP contribution is -2.27. The van der Waals surface area contributed by atoms with Crippen LogP contribution in [0.25, 0.3) is 11.4 Å². The molecule has 0 saturated carbocycles. The quantitative estimate of drug-likeness (QED) is 0.351. The zero-order valence-corrected chi connectivity index (χ0v) is 19.8. The zero-order chi connectivity index (χ0) is 23.0. The highest BCUT2D eigenvalue weighted by atomic mass is 32.2. The van der Waals surface area contributed by atoms with Crippen molar-refractivity contribution in [2.75, 3.05) is 12.3 Å². The summed E-state index contributed by atoms with van der Waals surface area (Å²) in [7, 11) is 1.93. The molecule has 0 aliphatic carbocycles. The molecule has 0 spiro atoms. The number of amides is 1. The Morgan fingerprint density at radius 1 is 0.909 bits per heavy atom. The molecule has 6 heteroatoms. The van der Waals surface area contributed by atoms with Crippen molar-refractivity contribution in [3.63, 3.8) is 0 Å². The van der Waals surface area contributed by atoms with Gasteiger partial charge in [0.15, 0.2) is 11.0 Å². The molecular formula is C27H28N4OS. The third kappa shape index (κ3) is 5.90. The van der Waals surface area contributed by atoms with E-state index in [2.05, 4.69) is 83.1 Å². The lowest BCUT2D eigenvalue weighted by molar-refractivity contribution is -0.118. The second-order valence-electron chi connectivity index (χ2n) is 8.03. The van der Waals surface area contributed by atoms with Gasteiger partial charge in [-0.15, -0.1) is 10.2 Å². The Kier molecular flexibility index (Phi) is 7.58. The normalized spacial score (nSPS) is 11.0. The average molecular weight is 457 g/mol. The van der Waals surface area contributed by atoms with Crippen LogP contribution >= 0.6 is 11.8 Å². The number of hydrogen-bond acceptors (Lipinski definition) is 4. The van der Waals surface area contributed by atoms with Gasteiger partial charge in [0, 0.05) is 25.1 Å². The van der Waals surface area contributed by atoms with Crippen molar-refractivity contribution in [2.45, 2.75) is 24.4 Å². The molecule has 33 heavy (non-hydrogen) atoms. The summed E-state index contributed by atoms with van der Waals surface area (Å²) in [5.74, 6) is 1.35. The van der Waals surface area contributed by atoms with E-state index in [0.717, 1.165) is 23.0 Å². The number of benzene rings is 3. The van der Waals surface area contributed by atoms with Crippen molar-refractivity contribution in [2.24, 2.45) is 7.05 Å². The van der Waals surface area contributed by atoms with Crippen LogP contribution in [0, 0.1) is 6.92 Å². The number of rotatable bonds is 9. The molecule has 0 radical (unpaired) electrons. The lowest BCUT2D eigenvalue weighted by atomic mass is 9.88. The maximum atomic E-state index is 12.5. The predicted octanol–water partition coefficient (Wildman–Crippen LogP) is 5.22. The van der Waals surface area contributed by atoms with Crippen LogP contribution < -0.4 is 5.32 Å². The molecule has 5 nitrogen and oxygen atoms in total. The number of aryl methyl sites for hydroxylation is 1. The largest absolute Gasteiger partial charge is 0.355 e. The highest BCUT2D eigenvalue weighted by Gasteiger charge is 2.15. The summed E-state index contributed by atoms with van der Waals surface area (Å²) < 4.78 is 1.93. The summed E-state index contributed by atoms with van der Waals surface area (Å²) in [5, 5.41) is 12.4. The van der Waals surface area contributed by atoms with E-state index < -0.39 is 0 Å². The van der Waals surface area contributed by atoms with Crippen molar-refractivity contribution >= 4 is 17.7 Å². The first-order valence-electron chi connectivity index (χ1n) is 11.1. The number of hydrogen-bond donors (Lipinski definition) is 1. The third-order valence-corrected chi connectivity index (χ3v) is 6.66. The molecule has 0 unspecified atom stereocenters. The smallest absolute Gasteiger partial charge is 0.230 e. The van der Waals surface area contributed by atoms with E-state index in [1.54, 1.807) is 0 Å². The van der Waals surface area contributed by atoms with Gasteiger partial charge in [-0.25, -0.2) is 0 Å². The van der Waals surface area contributed by atoms with Gasteiger partial charge in [0.05, 0.1) is 5.75 Å². The molecule has 4 aromatic rings. The Labute approximate surface area is 199 Å². The van der Waals surface area contributed by atoms with Crippen molar-refractivity contribution in [3.05, 3.63) is 102 Å². The van der Waals surface area contributed by atoms with Crippen molar-refractivity contribution in [3.8, 4) is 11.4 Å². The standard InChI is InChI=1S/C27H28N4OS/c1-20-13-15-23(16-14-20)26-29-30-27(31(26)2)33-19-25(32)28-18-17-24(21-9-5-3-6-10-21)22-11-7-4-8-12-22/h3-16,24H,17-19H2,1-2H3,(H,28,32). The third-order valence-electron chi connectivity index (χ3n) is 5.64. The maximum absolute atomic E-state index is 12.5. The van der Waals surface area contributed by atoms with Crippen LogP contribution in [0.1, 0.15) is 29.0 Å². The van der Waals surface area contributed by atoms with Crippen LogP contribution in [-0.2, 0) is 11.8 Å². The summed E-state index contributed by atoms with van der Waals surface area (Å²) in [5.41, 5.74) is 4.74. The van der Waals surface area contributed by atoms with Gasteiger partial charge in [-0.05, 0) is 24.5 Å². The van der Waals surface area contributed by atoms with Crippen LogP contribution in [0.4, 0.5) is 0 Å². The first-order chi connectivity index (χ1) is 16.1. The fourth-order valence-electron chi connectivity index (χ4n) is 3.83. The van der Waals surface area contributed by atoms with Crippen molar-refractivity contribution in [1.82, 2.24) is 20.1 Å². The number of carbonyl (C=O) groups is 1. The number of aromatic nitrogens is 3. The Bertz CT molecular complexity index is 1130. The average Bonchev–Trinajstić information content (AvgIpc) is 3.22. The number of thioether (sulfide) groups is 1. The molecule has 1 N–H and O–H groups in total. The summed E-state index contributed by atoms with van der Waals surface area (Å²) in [6.45, 7) is 2.67. The van der Waals surface area contributed by atoms with Gasteiger partial charge in [-0.3, -0.25) is 4.79 Å². The van der Waals surface area contributed by atoms with Gasteiger partial charge in [-0.2, -0.15) is 0 Å². The second-order valence-corrected chi connectivity index (χ2v) is 8.97. The molecule has 168 valence electrons. The van der Waals surface area contributed by atoms with Crippen LogP contribution in [-0.4, -0.2) is 33.0 Å². The molecule has 3 aromatic carbocycles. The molecule has 0 bridgehead atoms. The predicted molar refractivity (Wildman–Crippen MR) is 134 cm³/mol. The lowest BCUT2D eigenvalue weighted by Gasteiger charge is -2.18. The summed E-state index contributed by atoms with van der Waals surface area (Å²) >= 11 is 1.40. The summed E-state index contributed by atoms with van der Waals surface area (Å²) in [4.78, 5) is 12.5. The number of nitrogens with zero attached hydrogens (tertiary/aromatic N) is 3. The van der Waals surface area contributed by atoms with Gasteiger partial charge >= 0.3 is 0 Å². The molecule has 0 aliphatic heterocycles. The van der Waals surface area contributed by atoms with Crippen LogP contribution in [0.15, 0.2) is 90.1 Å². The molecular weight excluding hydrogens is 428 g/mol. The summed E-state index contributed by atoms with van der Waals surface area (Å²) in [6, 6.07) is 29.1. The zero-order valence-electron chi connectivity index (χ0n) is 18.9. The number of nitrogens with one attached hydrogen (secondary N) is 1. The van der Waals surface area contributed by atoms with E-state index in [9.17, 15) is 4.79 Å². The highest BCUT2D eigenvalue weighted by Crippen LogP contribution is 2.27. The fraction of sp³-hybridized carbons (Fsp3) is 0.222. The minimum atomic E-state index is -0.000223. The van der Waals surface area contributed by atoms with Gasteiger partial charge in [0.25, 0.3) is 0 Å². The van der Waals surface area contributed by atoms with Crippen LogP contribution in [0.5, 0.6) is 0 Å². The second kappa shape index (κ2) is 11.0. The minimum Gasteiger partial charge on any atom is -0.355 e. The molecule has 0 fully saturated rings. The first-order valence-corrected chi connectivity index (χ1v) is 12.1. The van der Waals surface area contributed by atoms with Crippen LogP contribution in [0.2, 0.25) is 0 Å². The minimum absolute atomic E-state index is 0.000223. The van der Waals surface area contributed by atoms with E-state index in [0.29, 0.717) is 12.3 Å². The highest BCUT2D eigenvalue weighted by molar-refractivity contribution is 7.99. The van der Waals surface area contributed by atoms with E-state index in [4.69, 9.17) is 0 Å². The maximum Gasteiger partial charge on any atom is 0.230 e. The Morgan fingerprint density at radius 3 is 2.12 bits per heavy atom. The Morgan fingerprint density at radius 2 is 1.52 bits per heavy atom. The SMILES string of the molecule is Cc1ccc(-c2nnc(SCC(=O)NCCC(c3ccccc3)c3ccccc3)n2C)cc1. The molecule has 1 aromatic heterocycles.